The molecule has 0 heterocycles. The molecule has 2 unspecified atom stereocenters. The Hall–Kier alpha value is -1.10. The van der Waals surface area contributed by atoms with E-state index in [2.05, 4.69) is 17.6 Å². The second-order valence-corrected chi connectivity index (χ2v) is 4.67. The maximum absolute atomic E-state index is 11.5. The normalized spacial score (nSPS) is 13.8. The number of rotatable bonds is 9. The monoisotopic (exact) mass is 257 g/mol. The molecule has 0 aromatic rings. The zero-order chi connectivity index (χ0) is 14.0. The molecule has 0 aliphatic rings. The standard InChI is InChI=1S/C13H27N3O2/c1-4-6-7-11(14)13(18)15-9-8-12(17)16-10(3)5-2/h10-11H,4-9,14H2,1-3H3,(H,15,18)(H,16,17). The van der Waals surface area contributed by atoms with Crippen LogP contribution in [0.4, 0.5) is 0 Å². The predicted octanol–water partition coefficient (Wildman–Crippen LogP) is 0.925. The van der Waals surface area contributed by atoms with E-state index in [1.54, 1.807) is 0 Å². The molecular formula is C13H27N3O2. The average molecular weight is 257 g/mol. The van der Waals surface area contributed by atoms with E-state index in [1.807, 2.05) is 13.8 Å². The summed E-state index contributed by atoms with van der Waals surface area (Å²) in [6.07, 6.45) is 3.87. The van der Waals surface area contributed by atoms with Crippen LogP contribution in [0, 0.1) is 0 Å². The van der Waals surface area contributed by atoms with Crippen molar-refractivity contribution >= 4 is 11.8 Å². The van der Waals surface area contributed by atoms with Crippen LogP contribution in [0.5, 0.6) is 0 Å². The Morgan fingerprint density at radius 1 is 1.28 bits per heavy atom. The molecule has 2 atom stereocenters. The largest absolute Gasteiger partial charge is 0.354 e. The lowest BCUT2D eigenvalue weighted by Crippen LogP contribution is -2.42. The zero-order valence-corrected chi connectivity index (χ0v) is 11.8. The third kappa shape index (κ3) is 8.06. The molecule has 0 aliphatic heterocycles. The van der Waals surface area contributed by atoms with E-state index in [0.29, 0.717) is 19.4 Å². The van der Waals surface area contributed by atoms with E-state index in [9.17, 15) is 9.59 Å². The van der Waals surface area contributed by atoms with Crippen molar-refractivity contribution < 1.29 is 9.59 Å². The molecule has 2 amide bonds. The molecule has 0 rings (SSSR count). The highest BCUT2D eigenvalue weighted by molar-refractivity contribution is 5.82. The molecular weight excluding hydrogens is 230 g/mol. The minimum atomic E-state index is -0.456. The Morgan fingerprint density at radius 3 is 2.50 bits per heavy atom. The smallest absolute Gasteiger partial charge is 0.236 e. The van der Waals surface area contributed by atoms with Crippen molar-refractivity contribution in [3.63, 3.8) is 0 Å². The second-order valence-electron chi connectivity index (χ2n) is 4.67. The lowest BCUT2D eigenvalue weighted by Gasteiger charge is -2.13. The summed E-state index contributed by atoms with van der Waals surface area (Å²) in [6, 6.07) is -0.275. The second kappa shape index (κ2) is 9.88. The first kappa shape index (κ1) is 16.9. The molecule has 18 heavy (non-hydrogen) atoms. The number of nitrogens with two attached hydrogens (primary N) is 1. The minimum absolute atomic E-state index is 0.0354. The Bertz CT molecular complexity index is 257. The molecule has 0 spiro atoms. The summed E-state index contributed by atoms with van der Waals surface area (Å²) < 4.78 is 0. The molecule has 0 radical (unpaired) electrons. The minimum Gasteiger partial charge on any atom is -0.354 e. The summed E-state index contributed by atoms with van der Waals surface area (Å²) in [6.45, 7) is 6.38. The van der Waals surface area contributed by atoms with Crippen LogP contribution in [0.2, 0.25) is 0 Å². The van der Waals surface area contributed by atoms with Crippen molar-refractivity contribution in [1.29, 1.82) is 0 Å². The summed E-state index contributed by atoms with van der Waals surface area (Å²) >= 11 is 0. The van der Waals surface area contributed by atoms with Gasteiger partial charge in [0, 0.05) is 19.0 Å². The number of nitrogens with one attached hydrogen (secondary N) is 2. The zero-order valence-electron chi connectivity index (χ0n) is 11.8. The number of hydrogen-bond donors (Lipinski definition) is 3. The van der Waals surface area contributed by atoms with Gasteiger partial charge in [0.15, 0.2) is 0 Å². The molecule has 0 saturated heterocycles. The van der Waals surface area contributed by atoms with Gasteiger partial charge in [-0.25, -0.2) is 0 Å². The number of carbonyl (C=O) groups is 2. The van der Waals surface area contributed by atoms with E-state index in [4.69, 9.17) is 5.73 Å². The highest BCUT2D eigenvalue weighted by atomic mass is 16.2. The summed E-state index contributed by atoms with van der Waals surface area (Å²) in [5, 5.41) is 5.53. The Balaban J connectivity index is 3.70. The molecule has 0 aliphatic carbocycles. The SMILES string of the molecule is CCCCC(N)C(=O)NCCC(=O)NC(C)CC. The Morgan fingerprint density at radius 2 is 1.94 bits per heavy atom. The topological polar surface area (TPSA) is 84.2 Å². The Labute approximate surface area is 110 Å². The van der Waals surface area contributed by atoms with Crippen LogP contribution in [0.25, 0.3) is 0 Å². The highest BCUT2D eigenvalue weighted by Gasteiger charge is 2.12. The molecule has 0 saturated carbocycles. The number of hydrogen-bond acceptors (Lipinski definition) is 3. The predicted molar refractivity (Wildman–Crippen MR) is 73.0 cm³/mol. The maximum Gasteiger partial charge on any atom is 0.236 e. The van der Waals surface area contributed by atoms with E-state index in [1.165, 1.54) is 0 Å². The van der Waals surface area contributed by atoms with Crippen molar-refractivity contribution in [2.45, 2.75) is 65.0 Å². The molecule has 4 N–H and O–H groups in total. The van der Waals surface area contributed by atoms with Gasteiger partial charge < -0.3 is 16.4 Å². The van der Waals surface area contributed by atoms with Gasteiger partial charge in [-0.05, 0) is 19.8 Å². The van der Waals surface area contributed by atoms with Crippen molar-refractivity contribution in [2.75, 3.05) is 6.54 Å². The van der Waals surface area contributed by atoms with Gasteiger partial charge >= 0.3 is 0 Å². The van der Waals surface area contributed by atoms with Gasteiger partial charge in [0.05, 0.1) is 6.04 Å². The Kier molecular flexibility index (Phi) is 9.28. The summed E-state index contributed by atoms with van der Waals surface area (Å²) in [4.78, 5) is 23.0. The van der Waals surface area contributed by atoms with Crippen LogP contribution >= 0.6 is 0 Å². The van der Waals surface area contributed by atoms with Crippen LogP contribution in [0.3, 0.4) is 0 Å². The van der Waals surface area contributed by atoms with E-state index in [-0.39, 0.29) is 17.9 Å². The fourth-order valence-corrected chi connectivity index (χ4v) is 1.43. The van der Waals surface area contributed by atoms with Gasteiger partial charge in [-0.3, -0.25) is 9.59 Å². The first-order chi connectivity index (χ1) is 8.51. The molecule has 106 valence electrons. The molecule has 0 fully saturated rings. The van der Waals surface area contributed by atoms with Gasteiger partial charge in [0.2, 0.25) is 11.8 Å². The lowest BCUT2D eigenvalue weighted by atomic mass is 10.1. The fourth-order valence-electron chi connectivity index (χ4n) is 1.43. The highest BCUT2D eigenvalue weighted by Crippen LogP contribution is 1.98. The van der Waals surface area contributed by atoms with Gasteiger partial charge in [-0.1, -0.05) is 26.7 Å². The lowest BCUT2D eigenvalue weighted by molar-refractivity contribution is -0.123. The van der Waals surface area contributed by atoms with Gasteiger partial charge in [0.25, 0.3) is 0 Å². The van der Waals surface area contributed by atoms with Crippen LogP contribution < -0.4 is 16.4 Å². The molecule has 0 aromatic carbocycles. The molecule has 5 nitrogen and oxygen atoms in total. The van der Waals surface area contributed by atoms with Crippen LogP contribution in [0.15, 0.2) is 0 Å². The maximum atomic E-state index is 11.5. The number of amides is 2. The van der Waals surface area contributed by atoms with E-state index >= 15 is 0 Å². The van der Waals surface area contributed by atoms with Crippen molar-refractivity contribution in [2.24, 2.45) is 5.73 Å². The fraction of sp³-hybridized carbons (Fsp3) is 0.846. The van der Waals surface area contributed by atoms with E-state index in [0.717, 1.165) is 19.3 Å². The first-order valence-electron chi connectivity index (χ1n) is 6.83. The van der Waals surface area contributed by atoms with E-state index < -0.39 is 6.04 Å². The molecule has 0 aromatic heterocycles. The summed E-state index contributed by atoms with van der Waals surface area (Å²) in [5.74, 6) is -0.202. The molecule has 0 bridgehead atoms. The van der Waals surface area contributed by atoms with Crippen LogP contribution in [0.1, 0.15) is 52.9 Å². The summed E-state index contributed by atoms with van der Waals surface area (Å²) in [7, 11) is 0. The van der Waals surface area contributed by atoms with Crippen LogP contribution in [-0.4, -0.2) is 30.4 Å². The van der Waals surface area contributed by atoms with Gasteiger partial charge in [0.1, 0.15) is 0 Å². The van der Waals surface area contributed by atoms with Crippen LogP contribution in [-0.2, 0) is 9.59 Å². The quantitative estimate of drug-likeness (QED) is 0.574. The number of unbranched alkanes of at least 4 members (excludes halogenated alkanes) is 1. The summed E-state index contributed by atoms with van der Waals surface area (Å²) in [5.41, 5.74) is 5.71. The van der Waals surface area contributed by atoms with Crippen molar-refractivity contribution in [3.8, 4) is 0 Å². The van der Waals surface area contributed by atoms with Crippen molar-refractivity contribution in [1.82, 2.24) is 10.6 Å². The van der Waals surface area contributed by atoms with Crippen molar-refractivity contribution in [3.05, 3.63) is 0 Å². The first-order valence-corrected chi connectivity index (χ1v) is 6.83. The van der Waals surface area contributed by atoms with Gasteiger partial charge in [-0.15, -0.1) is 0 Å². The number of carbonyl (C=O) groups excluding carboxylic acids is 2. The third-order valence-corrected chi connectivity index (χ3v) is 2.88. The average Bonchev–Trinajstić information content (AvgIpc) is 2.35. The third-order valence-electron chi connectivity index (χ3n) is 2.88. The van der Waals surface area contributed by atoms with Gasteiger partial charge in [-0.2, -0.15) is 0 Å². The molecule has 5 heteroatoms.